The molecule has 2 atom stereocenters. The number of rotatable bonds is 3. The summed E-state index contributed by atoms with van der Waals surface area (Å²) >= 11 is 0. The van der Waals surface area contributed by atoms with E-state index in [4.69, 9.17) is 4.52 Å². The van der Waals surface area contributed by atoms with E-state index in [1.807, 2.05) is 13.8 Å². The summed E-state index contributed by atoms with van der Waals surface area (Å²) in [5.41, 5.74) is 0.881. The Bertz CT molecular complexity index is 713. The zero-order valence-electron chi connectivity index (χ0n) is 13.1. The molecule has 2 heterocycles. The number of benzene rings is 1. The van der Waals surface area contributed by atoms with Gasteiger partial charge in [0.05, 0.1) is 12.1 Å². The van der Waals surface area contributed by atoms with E-state index in [2.05, 4.69) is 5.16 Å². The normalized spacial score (nSPS) is 21.2. The van der Waals surface area contributed by atoms with Crippen molar-refractivity contribution in [1.29, 1.82) is 0 Å². The molecule has 1 amide bonds. The lowest BCUT2D eigenvalue weighted by molar-refractivity contribution is 0.0705. The number of amides is 1. The van der Waals surface area contributed by atoms with Gasteiger partial charge in [-0.3, -0.25) is 4.79 Å². The van der Waals surface area contributed by atoms with Crippen molar-refractivity contribution < 1.29 is 18.8 Å². The van der Waals surface area contributed by atoms with Crippen molar-refractivity contribution in [1.82, 2.24) is 10.1 Å². The van der Waals surface area contributed by atoms with Crippen LogP contribution in [0.4, 0.5) is 4.39 Å². The van der Waals surface area contributed by atoms with Gasteiger partial charge in [-0.2, -0.15) is 0 Å². The average molecular weight is 318 g/mol. The minimum Gasteiger partial charge on any atom is -0.391 e. The van der Waals surface area contributed by atoms with Crippen LogP contribution < -0.4 is 0 Å². The molecule has 0 unspecified atom stereocenters. The number of aliphatic hydroxyl groups is 1. The van der Waals surface area contributed by atoms with Crippen LogP contribution in [-0.4, -0.2) is 33.7 Å². The molecule has 5 nitrogen and oxygen atoms in total. The second kappa shape index (κ2) is 6.12. The predicted molar refractivity (Wildman–Crippen MR) is 81.4 cm³/mol. The Morgan fingerprint density at radius 1 is 1.43 bits per heavy atom. The molecule has 0 radical (unpaired) electrons. The highest BCUT2D eigenvalue weighted by molar-refractivity contribution is 5.92. The first-order valence-electron chi connectivity index (χ1n) is 7.67. The topological polar surface area (TPSA) is 66.6 Å². The molecule has 23 heavy (non-hydrogen) atoms. The number of β-amino-alcohol motifs (C(OH)–C–C–N with tert-alkyl or cyclic N) is 1. The highest BCUT2D eigenvalue weighted by atomic mass is 19.1. The summed E-state index contributed by atoms with van der Waals surface area (Å²) < 4.78 is 18.6. The molecule has 1 aliphatic rings. The first kappa shape index (κ1) is 15.7. The summed E-state index contributed by atoms with van der Waals surface area (Å²) in [6.45, 7) is 4.09. The SMILES string of the molecule is CC(C)c1cc(C(=O)N2C[C@H](O)C[C@@H]2c2cccc(F)c2)no1. The van der Waals surface area contributed by atoms with E-state index < -0.39 is 6.10 Å². The Labute approximate surface area is 133 Å². The maximum atomic E-state index is 13.5. The molecule has 1 aromatic carbocycles. The third kappa shape index (κ3) is 3.12. The van der Waals surface area contributed by atoms with Crippen LogP contribution in [0.15, 0.2) is 34.9 Å². The van der Waals surface area contributed by atoms with E-state index in [0.29, 0.717) is 17.7 Å². The fourth-order valence-corrected chi connectivity index (χ4v) is 2.88. The van der Waals surface area contributed by atoms with Crippen LogP contribution in [0.1, 0.15) is 54.0 Å². The molecule has 0 spiro atoms. The lowest BCUT2D eigenvalue weighted by atomic mass is 10.0. The Morgan fingerprint density at radius 3 is 2.87 bits per heavy atom. The van der Waals surface area contributed by atoms with Gasteiger partial charge in [0, 0.05) is 18.5 Å². The number of carbonyl (C=O) groups is 1. The van der Waals surface area contributed by atoms with Gasteiger partial charge in [0.2, 0.25) is 0 Å². The van der Waals surface area contributed by atoms with Crippen LogP contribution in [0.5, 0.6) is 0 Å². The molecule has 0 aliphatic carbocycles. The summed E-state index contributed by atoms with van der Waals surface area (Å²) in [5, 5.41) is 13.8. The van der Waals surface area contributed by atoms with Gasteiger partial charge in [-0.15, -0.1) is 0 Å². The van der Waals surface area contributed by atoms with Crippen molar-refractivity contribution in [3.8, 4) is 0 Å². The monoisotopic (exact) mass is 318 g/mol. The van der Waals surface area contributed by atoms with Crippen LogP contribution in [0, 0.1) is 5.82 Å². The van der Waals surface area contributed by atoms with E-state index in [1.54, 1.807) is 18.2 Å². The van der Waals surface area contributed by atoms with Crippen LogP contribution in [0.25, 0.3) is 0 Å². The second-order valence-electron chi connectivity index (χ2n) is 6.19. The zero-order valence-corrected chi connectivity index (χ0v) is 13.1. The Balaban J connectivity index is 1.88. The van der Waals surface area contributed by atoms with E-state index >= 15 is 0 Å². The number of likely N-dealkylation sites (tertiary alicyclic amines) is 1. The van der Waals surface area contributed by atoms with E-state index in [-0.39, 0.29) is 35.9 Å². The number of hydrogen-bond donors (Lipinski definition) is 1. The number of aromatic nitrogens is 1. The number of aliphatic hydroxyl groups excluding tert-OH is 1. The Morgan fingerprint density at radius 2 is 2.22 bits per heavy atom. The van der Waals surface area contributed by atoms with Crippen molar-refractivity contribution in [2.24, 2.45) is 0 Å². The quantitative estimate of drug-likeness (QED) is 0.945. The number of nitrogens with zero attached hydrogens (tertiary/aromatic N) is 2. The first-order chi connectivity index (χ1) is 11.0. The first-order valence-corrected chi connectivity index (χ1v) is 7.67. The summed E-state index contributed by atoms with van der Waals surface area (Å²) in [6, 6.07) is 7.37. The molecule has 1 saturated heterocycles. The van der Waals surface area contributed by atoms with Gasteiger partial charge in [0.1, 0.15) is 11.6 Å². The maximum Gasteiger partial charge on any atom is 0.276 e. The Hall–Kier alpha value is -2.21. The number of halogens is 1. The highest BCUT2D eigenvalue weighted by Crippen LogP contribution is 2.33. The van der Waals surface area contributed by atoms with Crippen molar-refractivity contribution in [2.45, 2.75) is 38.3 Å². The molecule has 6 heteroatoms. The molecule has 0 bridgehead atoms. The molecule has 0 saturated carbocycles. The van der Waals surface area contributed by atoms with Crippen LogP contribution in [0.2, 0.25) is 0 Å². The van der Waals surface area contributed by atoms with E-state index in [0.717, 1.165) is 0 Å². The fourth-order valence-electron chi connectivity index (χ4n) is 2.88. The molecule has 1 aliphatic heterocycles. The molecule has 1 N–H and O–H groups in total. The molecule has 122 valence electrons. The molecule has 3 rings (SSSR count). The number of carbonyl (C=O) groups excluding carboxylic acids is 1. The van der Waals surface area contributed by atoms with Gasteiger partial charge in [0.25, 0.3) is 5.91 Å². The molecular formula is C17H19FN2O3. The van der Waals surface area contributed by atoms with Gasteiger partial charge in [0.15, 0.2) is 5.69 Å². The minimum atomic E-state index is -0.635. The van der Waals surface area contributed by atoms with Gasteiger partial charge >= 0.3 is 0 Å². The van der Waals surface area contributed by atoms with Crippen LogP contribution in [0.3, 0.4) is 0 Å². The standard InChI is InChI=1S/C17H19FN2O3/c1-10(2)16-8-14(19-23-16)17(22)20-9-13(21)7-15(20)11-4-3-5-12(18)6-11/h3-6,8,10,13,15,21H,7,9H2,1-2H3/t13-,15-/m1/s1. The second-order valence-corrected chi connectivity index (χ2v) is 6.19. The average Bonchev–Trinajstić information content (AvgIpc) is 3.13. The third-order valence-electron chi connectivity index (χ3n) is 4.09. The van der Waals surface area contributed by atoms with Crippen LogP contribution >= 0.6 is 0 Å². The Kier molecular flexibility index (Phi) is 4.17. The van der Waals surface area contributed by atoms with Gasteiger partial charge in [-0.25, -0.2) is 4.39 Å². The summed E-state index contributed by atoms with van der Waals surface area (Å²) in [6.07, 6.45) is -0.256. The molecular weight excluding hydrogens is 299 g/mol. The van der Waals surface area contributed by atoms with Crippen molar-refractivity contribution in [2.75, 3.05) is 6.54 Å². The lowest BCUT2D eigenvalue weighted by Gasteiger charge is -2.23. The van der Waals surface area contributed by atoms with Crippen molar-refractivity contribution >= 4 is 5.91 Å². The minimum absolute atomic E-state index is 0.132. The maximum absolute atomic E-state index is 13.5. The van der Waals surface area contributed by atoms with Gasteiger partial charge in [-0.05, 0) is 24.1 Å². The van der Waals surface area contributed by atoms with E-state index in [9.17, 15) is 14.3 Å². The molecule has 1 aromatic heterocycles. The summed E-state index contributed by atoms with van der Waals surface area (Å²) in [5.74, 6) is 0.0916. The fraction of sp³-hybridized carbons (Fsp3) is 0.412. The van der Waals surface area contributed by atoms with Crippen molar-refractivity contribution in [3.63, 3.8) is 0 Å². The van der Waals surface area contributed by atoms with Gasteiger partial charge < -0.3 is 14.5 Å². The third-order valence-corrected chi connectivity index (χ3v) is 4.09. The smallest absolute Gasteiger partial charge is 0.276 e. The summed E-state index contributed by atoms with van der Waals surface area (Å²) in [4.78, 5) is 14.2. The lowest BCUT2D eigenvalue weighted by Crippen LogP contribution is -2.32. The summed E-state index contributed by atoms with van der Waals surface area (Å²) in [7, 11) is 0. The predicted octanol–water partition coefficient (Wildman–Crippen LogP) is 2.89. The zero-order chi connectivity index (χ0) is 16.6. The molecule has 1 fully saturated rings. The highest BCUT2D eigenvalue weighted by Gasteiger charge is 2.37. The van der Waals surface area contributed by atoms with Crippen molar-refractivity contribution in [3.05, 3.63) is 53.2 Å². The van der Waals surface area contributed by atoms with Crippen LogP contribution in [-0.2, 0) is 0 Å². The van der Waals surface area contributed by atoms with E-state index in [1.165, 1.54) is 17.0 Å². The van der Waals surface area contributed by atoms with Gasteiger partial charge in [-0.1, -0.05) is 31.1 Å². The number of hydrogen-bond acceptors (Lipinski definition) is 4. The largest absolute Gasteiger partial charge is 0.391 e. The molecule has 2 aromatic rings.